The molecule has 15 heavy (non-hydrogen) atoms. The van der Waals surface area contributed by atoms with Gasteiger partial charge in [0.15, 0.2) is 0 Å². The van der Waals surface area contributed by atoms with Crippen molar-refractivity contribution in [2.24, 2.45) is 0 Å². The van der Waals surface area contributed by atoms with Crippen molar-refractivity contribution < 1.29 is 4.79 Å². The van der Waals surface area contributed by atoms with Crippen LogP contribution in [0.25, 0.3) is 0 Å². The summed E-state index contributed by atoms with van der Waals surface area (Å²) in [6.07, 6.45) is 12.4. The highest BCUT2D eigenvalue weighted by Gasteiger charge is 2.10. The molecule has 0 spiro atoms. The fourth-order valence-electron chi connectivity index (χ4n) is 1.31. The van der Waals surface area contributed by atoms with Gasteiger partial charge in [0.25, 0.3) is 0 Å². The molecule has 0 radical (unpaired) electrons. The fraction of sp³-hybridized carbons (Fsp3) is 0.0833. The Morgan fingerprint density at radius 2 is 2.00 bits per heavy atom. The van der Waals surface area contributed by atoms with Crippen molar-refractivity contribution >= 4 is 22.7 Å². The Labute approximate surface area is 97.9 Å². The van der Waals surface area contributed by atoms with Gasteiger partial charge in [0.2, 0.25) is 0 Å². The van der Waals surface area contributed by atoms with E-state index in [1.165, 1.54) is 5.57 Å². The standard InChI is InChI=1S/C11H10BrN.CH2O/c1-8-10(12)7-9-5-3-2-4-6-11(9)13-8;1-2/h2-7,13H,1H3;1H2. The minimum atomic E-state index is 1.12. The van der Waals surface area contributed by atoms with Crippen molar-refractivity contribution in [2.45, 2.75) is 6.92 Å². The third kappa shape index (κ3) is 2.80. The van der Waals surface area contributed by atoms with Crippen LogP contribution in [-0.2, 0) is 4.79 Å². The summed E-state index contributed by atoms with van der Waals surface area (Å²) < 4.78 is 1.12. The van der Waals surface area contributed by atoms with Crippen molar-refractivity contribution in [1.29, 1.82) is 0 Å². The first-order valence-electron chi connectivity index (χ1n) is 4.47. The van der Waals surface area contributed by atoms with Crippen LogP contribution in [0.4, 0.5) is 0 Å². The zero-order chi connectivity index (χ0) is 11.3. The molecule has 0 saturated heterocycles. The first-order chi connectivity index (χ1) is 7.27. The Bertz CT molecular complexity index is 400. The van der Waals surface area contributed by atoms with Crippen molar-refractivity contribution in [3.05, 3.63) is 57.9 Å². The number of hydrogen-bond acceptors (Lipinski definition) is 2. The average Bonchev–Trinajstić information content (AvgIpc) is 2.47. The first-order valence-corrected chi connectivity index (χ1v) is 5.26. The third-order valence-electron chi connectivity index (χ3n) is 2.03. The Kier molecular flexibility index (Phi) is 4.31. The molecule has 0 fully saturated rings. The number of allylic oxidation sites excluding steroid dienone is 8. The summed E-state index contributed by atoms with van der Waals surface area (Å²) in [4.78, 5) is 8.00. The lowest BCUT2D eigenvalue weighted by molar-refractivity contribution is -0.0979. The Morgan fingerprint density at radius 1 is 1.27 bits per heavy atom. The second-order valence-electron chi connectivity index (χ2n) is 3.02. The van der Waals surface area contributed by atoms with Crippen LogP contribution in [0.2, 0.25) is 0 Å². The van der Waals surface area contributed by atoms with E-state index in [2.05, 4.69) is 46.4 Å². The average molecular weight is 266 g/mol. The predicted molar refractivity (Wildman–Crippen MR) is 66.3 cm³/mol. The molecule has 1 aliphatic heterocycles. The van der Waals surface area contributed by atoms with E-state index in [9.17, 15) is 0 Å². The van der Waals surface area contributed by atoms with Crippen LogP contribution in [-0.4, -0.2) is 6.79 Å². The summed E-state index contributed by atoms with van der Waals surface area (Å²) >= 11 is 3.50. The van der Waals surface area contributed by atoms with Crippen LogP contribution in [0, 0.1) is 0 Å². The molecule has 0 aromatic heterocycles. The Morgan fingerprint density at radius 3 is 2.73 bits per heavy atom. The first kappa shape index (κ1) is 11.7. The number of carbonyl (C=O) groups is 1. The minimum Gasteiger partial charge on any atom is -0.358 e. The van der Waals surface area contributed by atoms with Crippen LogP contribution in [0.3, 0.4) is 0 Å². The van der Waals surface area contributed by atoms with Gasteiger partial charge in [-0.05, 0) is 40.6 Å². The molecule has 78 valence electrons. The largest absolute Gasteiger partial charge is 0.358 e. The highest BCUT2D eigenvalue weighted by Crippen LogP contribution is 2.25. The summed E-state index contributed by atoms with van der Waals surface area (Å²) in [6, 6.07) is 0. The lowest BCUT2D eigenvalue weighted by atomic mass is 10.1. The summed E-state index contributed by atoms with van der Waals surface area (Å²) in [5.74, 6) is 0. The quantitative estimate of drug-likeness (QED) is 0.730. The molecule has 0 aromatic rings. The molecule has 0 amide bonds. The number of rotatable bonds is 0. The lowest BCUT2D eigenvalue weighted by Crippen LogP contribution is -2.16. The van der Waals surface area contributed by atoms with E-state index >= 15 is 0 Å². The highest BCUT2D eigenvalue weighted by atomic mass is 79.9. The molecule has 3 heteroatoms. The van der Waals surface area contributed by atoms with Crippen LogP contribution in [0.15, 0.2) is 57.9 Å². The molecule has 1 N–H and O–H groups in total. The van der Waals surface area contributed by atoms with E-state index < -0.39 is 0 Å². The lowest BCUT2D eigenvalue weighted by Gasteiger charge is -2.17. The SMILES string of the molecule is C=O.CC1=C(Br)C=C2C=CC=CC=C2N1. The van der Waals surface area contributed by atoms with Gasteiger partial charge in [0.05, 0.1) is 0 Å². The Hall–Kier alpha value is -1.35. The number of nitrogens with one attached hydrogen (secondary N) is 1. The number of halogens is 1. The molecule has 1 heterocycles. The van der Waals surface area contributed by atoms with E-state index in [-0.39, 0.29) is 0 Å². The highest BCUT2D eigenvalue weighted by molar-refractivity contribution is 9.11. The van der Waals surface area contributed by atoms with Crippen molar-refractivity contribution in [3.63, 3.8) is 0 Å². The summed E-state index contributed by atoms with van der Waals surface area (Å²) in [6.45, 7) is 4.05. The molecule has 2 aliphatic rings. The van der Waals surface area contributed by atoms with E-state index in [1.807, 2.05) is 25.0 Å². The van der Waals surface area contributed by atoms with Crippen molar-refractivity contribution in [3.8, 4) is 0 Å². The number of hydrogen-bond donors (Lipinski definition) is 1. The van der Waals surface area contributed by atoms with Gasteiger partial charge in [0, 0.05) is 15.9 Å². The van der Waals surface area contributed by atoms with E-state index in [0.717, 1.165) is 15.9 Å². The van der Waals surface area contributed by atoms with E-state index in [4.69, 9.17) is 4.79 Å². The maximum absolute atomic E-state index is 8.00. The molecule has 1 aliphatic carbocycles. The van der Waals surface area contributed by atoms with Crippen LogP contribution >= 0.6 is 15.9 Å². The van der Waals surface area contributed by atoms with Crippen molar-refractivity contribution in [2.75, 3.05) is 0 Å². The molecule has 0 saturated carbocycles. The van der Waals surface area contributed by atoms with Gasteiger partial charge < -0.3 is 10.1 Å². The molecular formula is C12H12BrNO. The summed E-state index contributed by atoms with van der Waals surface area (Å²) in [5, 5.41) is 3.33. The topological polar surface area (TPSA) is 29.1 Å². The van der Waals surface area contributed by atoms with Gasteiger partial charge >= 0.3 is 0 Å². The zero-order valence-corrected chi connectivity index (χ0v) is 10.0. The molecule has 0 atom stereocenters. The van der Waals surface area contributed by atoms with Crippen LogP contribution < -0.4 is 5.32 Å². The van der Waals surface area contributed by atoms with E-state index in [0.29, 0.717) is 0 Å². The fourth-order valence-corrected chi connectivity index (χ4v) is 1.65. The summed E-state index contributed by atoms with van der Waals surface area (Å²) in [5.41, 5.74) is 3.52. The van der Waals surface area contributed by atoms with Gasteiger partial charge in [-0.3, -0.25) is 0 Å². The number of dihydropyridines is 1. The van der Waals surface area contributed by atoms with Gasteiger partial charge in [-0.2, -0.15) is 0 Å². The normalized spacial score (nSPS) is 17.7. The van der Waals surface area contributed by atoms with Crippen LogP contribution in [0.5, 0.6) is 0 Å². The van der Waals surface area contributed by atoms with Gasteiger partial charge in [-0.15, -0.1) is 0 Å². The summed E-state index contributed by atoms with van der Waals surface area (Å²) in [7, 11) is 0. The molecule has 0 bridgehead atoms. The number of carbonyl (C=O) groups excluding carboxylic acids is 1. The van der Waals surface area contributed by atoms with Crippen molar-refractivity contribution in [1.82, 2.24) is 5.32 Å². The predicted octanol–water partition coefficient (Wildman–Crippen LogP) is 2.97. The second kappa shape index (κ2) is 5.51. The van der Waals surface area contributed by atoms with Gasteiger partial charge in [-0.25, -0.2) is 0 Å². The van der Waals surface area contributed by atoms with Gasteiger partial charge in [-0.1, -0.05) is 24.3 Å². The van der Waals surface area contributed by atoms with E-state index in [1.54, 1.807) is 0 Å². The molecule has 2 nitrogen and oxygen atoms in total. The molecule has 0 unspecified atom stereocenters. The number of fused-ring (bicyclic) bond motifs is 1. The molecule has 0 aromatic carbocycles. The smallest absolute Gasteiger partial charge is 0.106 e. The third-order valence-corrected chi connectivity index (χ3v) is 2.86. The van der Waals surface area contributed by atoms with Gasteiger partial charge in [0.1, 0.15) is 6.79 Å². The minimum absolute atomic E-state index is 1.12. The maximum atomic E-state index is 8.00. The zero-order valence-electron chi connectivity index (χ0n) is 8.46. The second-order valence-corrected chi connectivity index (χ2v) is 3.88. The maximum Gasteiger partial charge on any atom is 0.106 e. The van der Waals surface area contributed by atoms with Crippen LogP contribution in [0.1, 0.15) is 6.92 Å². The molecule has 2 rings (SSSR count). The molecular weight excluding hydrogens is 254 g/mol. The monoisotopic (exact) mass is 265 g/mol. The Balaban J connectivity index is 0.000000531.